The molecule has 0 aliphatic heterocycles. The summed E-state index contributed by atoms with van der Waals surface area (Å²) in [6, 6.07) is 0. The summed E-state index contributed by atoms with van der Waals surface area (Å²) in [5.41, 5.74) is 0. The van der Waals surface area contributed by atoms with Crippen molar-refractivity contribution in [3.05, 3.63) is 0 Å². The maximum Gasteiger partial charge on any atom is 0.311 e. The van der Waals surface area contributed by atoms with Crippen LogP contribution in [0.1, 0.15) is 90.9 Å². The van der Waals surface area contributed by atoms with Crippen LogP contribution in [0.3, 0.4) is 0 Å². The molecular formula is C18H35NO4. The van der Waals surface area contributed by atoms with Gasteiger partial charge in [0.05, 0.1) is 13.0 Å². The van der Waals surface area contributed by atoms with Gasteiger partial charge in [0.1, 0.15) is 0 Å². The van der Waals surface area contributed by atoms with E-state index in [0.717, 1.165) is 19.1 Å². The fourth-order valence-corrected chi connectivity index (χ4v) is 1.92. The van der Waals surface area contributed by atoms with E-state index in [-0.39, 0.29) is 18.8 Å². The van der Waals surface area contributed by atoms with Gasteiger partial charge in [-0.3, -0.25) is 9.59 Å². The first-order chi connectivity index (χ1) is 11.1. The quantitative estimate of drug-likeness (QED) is 0.267. The van der Waals surface area contributed by atoms with E-state index in [1.54, 1.807) is 6.92 Å². The highest BCUT2D eigenvalue weighted by atomic mass is 16.5. The highest BCUT2D eigenvalue weighted by molar-refractivity contribution is 5.84. The van der Waals surface area contributed by atoms with Gasteiger partial charge in [0, 0.05) is 12.6 Å². The predicted molar refractivity (Wildman–Crippen MR) is 94.1 cm³/mol. The monoisotopic (exact) mass is 329 g/mol. The van der Waals surface area contributed by atoms with Crippen LogP contribution in [0.25, 0.3) is 0 Å². The number of ether oxygens (including phenoxy) is 1. The number of rotatable bonds is 14. The molecule has 0 bridgehead atoms. The fourth-order valence-electron chi connectivity index (χ4n) is 1.92. The van der Waals surface area contributed by atoms with Crippen molar-refractivity contribution < 1.29 is 19.4 Å². The largest absolute Gasteiger partial charge is 0.481 e. The lowest BCUT2D eigenvalue weighted by atomic mass is 10.1. The van der Waals surface area contributed by atoms with Crippen LogP contribution in [0.4, 0.5) is 0 Å². The van der Waals surface area contributed by atoms with Crippen LogP contribution >= 0.6 is 0 Å². The van der Waals surface area contributed by atoms with Gasteiger partial charge in [0.25, 0.3) is 0 Å². The molecule has 0 aliphatic carbocycles. The molecule has 5 nitrogen and oxygen atoms in total. The first-order valence-corrected chi connectivity index (χ1v) is 8.94. The summed E-state index contributed by atoms with van der Waals surface area (Å²) < 4.78 is 4.96. The summed E-state index contributed by atoms with van der Waals surface area (Å²) in [6.45, 7) is 4.36. The smallest absolute Gasteiger partial charge is 0.311 e. The van der Waals surface area contributed by atoms with Crippen LogP contribution in [0.2, 0.25) is 0 Å². The van der Waals surface area contributed by atoms with Gasteiger partial charge in [-0.15, -0.1) is 0 Å². The number of carboxylic acids is 1. The minimum absolute atomic E-state index is 0.109. The number of nitrogens with one attached hydrogen (secondary N) is 1. The van der Waals surface area contributed by atoms with Crippen molar-refractivity contribution in [3.63, 3.8) is 0 Å². The Morgan fingerprint density at radius 2 is 1.35 bits per heavy atom. The lowest BCUT2D eigenvalue weighted by molar-refractivity contribution is -0.142. The SMILES string of the molecule is CCC(=O)O.CCCCCCCCCCCCOC(=O)CC=N. The molecule has 0 saturated carbocycles. The molecule has 0 radical (unpaired) electrons. The third-order valence-electron chi connectivity index (χ3n) is 3.33. The number of unbranched alkanes of at least 4 members (excludes halogenated alkanes) is 9. The van der Waals surface area contributed by atoms with Crippen molar-refractivity contribution in [2.24, 2.45) is 0 Å². The van der Waals surface area contributed by atoms with Gasteiger partial charge < -0.3 is 15.3 Å². The Morgan fingerprint density at radius 3 is 1.74 bits per heavy atom. The third-order valence-corrected chi connectivity index (χ3v) is 3.33. The third kappa shape index (κ3) is 25.9. The Kier molecular flexibility index (Phi) is 21.4. The van der Waals surface area contributed by atoms with Gasteiger partial charge in [-0.2, -0.15) is 0 Å². The summed E-state index contributed by atoms with van der Waals surface area (Å²) in [5.74, 6) is -1.02. The molecule has 0 aromatic heterocycles. The van der Waals surface area contributed by atoms with Crippen molar-refractivity contribution in [2.45, 2.75) is 90.9 Å². The zero-order valence-electron chi connectivity index (χ0n) is 14.9. The average Bonchev–Trinajstić information content (AvgIpc) is 2.53. The zero-order chi connectivity index (χ0) is 17.8. The average molecular weight is 329 g/mol. The van der Waals surface area contributed by atoms with Crippen LogP contribution in [-0.4, -0.2) is 29.9 Å². The van der Waals surface area contributed by atoms with Gasteiger partial charge in [-0.05, 0) is 6.42 Å². The molecule has 0 atom stereocenters. The topological polar surface area (TPSA) is 87.5 Å². The van der Waals surface area contributed by atoms with Gasteiger partial charge in [0.15, 0.2) is 0 Å². The molecule has 0 spiro atoms. The summed E-state index contributed by atoms with van der Waals surface area (Å²) in [4.78, 5) is 20.3. The summed E-state index contributed by atoms with van der Waals surface area (Å²) >= 11 is 0. The zero-order valence-corrected chi connectivity index (χ0v) is 14.9. The maximum atomic E-state index is 10.9. The van der Waals surface area contributed by atoms with E-state index in [2.05, 4.69) is 6.92 Å². The van der Waals surface area contributed by atoms with Crippen molar-refractivity contribution in [1.29, 1.82) is 5.41 Å². The van der Waals surface area contributed by atoms with E-state index in [4.69, 9.17) is 15.3 Å². The number of carboxylic acid groups (broad SMARTS) is 1. The molecule has 0 rings (SSSR count). The Labute approximate surface area is 141 Å². The molecule has 0 heterocycles. The second-order valence-electron chi connectivity index (χ2n) is 5.56. The molecule has 0 unspecified atom stereocenters. The van der Waals surface area contributed by atoms with Gasteiger partial charge in [-0.1, -0.05) is 71.6 Å². The molecule has 0 aliphatic rings. The minimum Gasteiger partial charge on any atom is -0.481 e. The number of hydrogen-bond donors (Lipinski definition) is 2. The molecule has 2 N–H and O–H groups in total. The second-order valence-corrected chi connectivity index (χ2v) is 5.56. The van der Waals surface area contributed by atoms with Crippen molar-refractivity contribution >= 4 is 18.2 Å². The van der Waals surface area contributed by atoms with Crippen LogP contribution in [0.5, 0.6) is 0 Å². The van der Waals surface area contributed by atoms with Crippen LogP contribution in [0.15, 0.2) is 0 Å². The molecule has 0 aromatic rings. The predicted octanol–water partition coefficient (Wildman–Crippen LogP) is 4.97. The number of hydrogen-bond acceptors (Lipinski definition) is 4. The Hall–Kier alpha value is -1.39. The number of aliphatic carboxylic acids is 1. The normalized spacial score (nSPS) is 9.65. The molecule has 0 fully saturated rings. The van der Waals surface area contributed by atoms with Gasteiger partial charge >= 0.3 is 11.9 Å². The van der Waals surface area contributed by atoms with Gasteiger partial charge in [-0.25, -0.2) is 0 Å². The highest BCUT2D eigenvalue weighted by Crippen LogP contribution is 2.10. The van der Waals surface area contributed by atoms with Crippen LogP contribution in [0, 0.1) is 5.41 Å². The summed E-state index contributed by atoms with van der Waals surface area (Å²) in [6.07, 6.45) is 14.2. The molecule has 0 aromatic carbocycles. The molecule has 0 saturated heterocycles. The second kappa shape index (κ2) is 20.6. The molecular weight excluding hydrogens is 294 g/mol. The standard InChI is InChI=1S/C15H29NO2.C3H6O2/c1-2-3-4-5-6-7-8-9-10-11-14-18-15(17)12-13-16;1-2-3(4)5/h13,16H,2-12,14H2,1H3;2H2,1H3,(H,4,5). The summed E-state index contributed by atoms with van der Waals surface area (Å²) in [7, 11) is 0. The number of esters is 1. The first-order valence-electron chi connectivity index (χ1n) is 8.94. The van der Waals surface area contributed by atoms with Crippen molar-refractivity contribution in [3.8, 4) is 0 Å². The van der Waals surface area contributed by atoms with Crippen molar-refractivity contribution in [2.75, 3.05) is 6.61 Å². The Morgan fingerprint density at radius 1 is 0.913 bits per heavy atom. The Balaban J connectivity index is 0. The molecule has 136 valence electrons. The van der Waals surface area contributed by atoms with Gasteiger partial charge in [0.2, 0.25) is 0 Å². The fraction of sp³-hybridized carbons (Fsp3) is 0.833. The van der Waals surface area contributed by atoms with E-state index < -0.39 is 5.97 Å². The Bertz CT molecular complexity index is 293. The molecule has 0 amide bonds. The lowest BCUT2D eigenvalue weighted by Crippen LogP contribution is -2.05. The summed E-state index contributed by atoms with van der Waals surface area (Å²) in [5, 5.41) is 14.5. The highest BCUT2D eigenvalue weighted by Gasteiger charge is 1.99. The van der Waals surface area contributed by atoms with Crippen LogP contribution < -0.4 is 0 Å². The molecule has 23 heavy (non-hydrogen) atoms. The van der Waals surface area contributed by atoms with E-state index in [9.17, 15) is 9.59 Å². The number of carbonyl (C=O) groups is 2. The van der Waals surface area contributed by atoms with E-state index in [0.29, 0.717) is 6.61 Å². The van der Waals surface area contributed by atoms with E-state index in [1.165, 1.54) is 51.4 Å². The first kappa shape index (κ1) is 23.9. The number of carbonyl (C=O) groups excluding carboxylic acids is 1. The van der Waals surface area contributed by atoms with E-state index in [1.807, 2.05) is 0 Å². The minimum atomic E-state index is -0.745. The maximum absolute atomic E-state index is 10.9. The lowest BCUT2D eigenvalue weighted by Gasteiger charge is -2.03. The molecule has 5 heteroatoms. The van der Waals surface area contributed by atoms with Crippen LogP contribution in [-0.2, 0) is 14.3 Å². The van der Waals surface area contributed by atoms with Crippen molar-refractivity contribution in [1.82, 2.24) is 0 Å². The van der Waals surface area contributed by atoms with E-state index >= 15 is 0 Å².